The molecule has 1 aromatic heterocycles. The number of anilines is 1. The van der Waals surface area contributed by atoms with Crippen LogP contribution in [0.1, 0.15) is 34.5 Å². The van der Waals surface area contributed by atoms with Crippen molar-refractivity contribution in [3.05, 3.63) is 59.2 Å². The number of carbonyl (C=O) groups excluding carboxylic acids is 1. The minimum Gasteiger partial charge on any atom is -0.392 e. The molecule has 1 amide bonds. The Hall–Kier alpha value is -2.51. The molecule has 0 unspecified atom stereocenters. The number of nitrogens with zero attached hydrogens (tertiary/aromatic N) is 3. The van der Waals surface area contributed by atoms with E-state index in [-0.39, 0.29) is 30.5 Å². The molecular formula is C22H26FN3O3. The monoisotopic (exact) mass is 399 g/mol. The third-order valence-corrected chi connectivity index (χ3v) is 5.66. The van der Waals surface area contributed by atoms with E-state index < -0.39 is 0 Å². The summed E-state index contributed by atoms with van der Waals surface area (Å²) in [7, 11) is 0. The van der Waals surface area contributed by atoms with Crippen molar-refractivity contribution in [2.24, 2.45) is 0 Å². The number of ether oxygens (including phenoxy) is 1. The molecule has 2 fully saturated rings. The molecule has 1 aromatic carbocycles. The number of aryl methyl sites for hydroxylation is 1. The third-order valence-electron chi connectivity index (χ3n) is 5.66. The summed E-state index contributed by atoms with van der Waals surface area (Å²) in [6, 6.07) is 8.75. The number of halogens is 1. The van der Waals surface area contributed by atoms with Gasteiger partial charge in [-0.1, -0.05) is 18.2 Å². The first kappa shape index (κ1) is 19.8. The lowest BCUT2D eigenvalue weighted by Gasteiger charge is -2.43. The zero-order valence-corrected chi connectivity index (χ0v) is 16.6. The normalized spacial score (nSPS) is 18.0. The minimum absolute atomic E-state index is 0.0301. The van der Waals surface area contributed by atoms with Crippen LogP contribution in [0.4, 0.5) is 10.1 Å². The van der Waals surface area contributed by atoms with Crippen LogP contribution in [0, 0.1) is 12.7 Å². The van der Waals surface area contributed by atoms with Gasteiger partial charge in [-0.15, -0.1) is 0 Å². The molecule has 0 aliphatic carbocycles. The second kappa shape index (κ2) is 8.47. The Morgan fingerprint density at radius 3 is 2.62 bits per heavy atom. The summed E-state index contributed by atoms with van der Waals surface area (Å²) in [5.74, 6) is -0.387. The lowest BCUT2D eigenvalue weighted by Crippen LogP contribution is -2.55. The lowest BCUT2D eigenvalue weighted by molar-refractivity contribution is -0.0497. The van der Waals surface area contributed by atoms with Crippen molar-refractivity contribution >= 4 is 11.6 Å². The Kier molecular flexibility index (Phi) is 5.78. The number of aliphatic hydroxyl groups excluding tert-OH is 1. The number of pyridine rings is 1. The number of hydrogen-bond donors (Lipinski definition) is 1. The van der Waals surface area contributed by atoms with Gasteiger partial charge in [0.2, 0.25) is 0 Å². The number of rotatable bonds is 5. The van der Waals surface area contributed by atoms with Crippen LogP contribution in [0.2, 0.25) is 0 Å². The minimum atomic E-state index is -0.356. The van der Waals surface area contributed by atoms with Crippen molar-refractivity contribution in [3.8, 4) is 0 Å². The van der Waals surface area contributed by atoms with Gasteiger partial charge in [0.05, 0.1) is 24.5 Å². The Balaban J connectivity index is 1.24. The topological polar surface area (TPSA) is 65.9 Å². The number of aliphatic hydroxyl groups is 1. The molecule has 0 saturated carbocycles. The maximum atomic E-state index is 14.3. The number of likely N-dealkylation sites (tertiary alicyclic amines) is 1. The fourth-order valence-electron chi connectivity index (χ4n) is 3.88. The number of carbonyl (C=O) groups is 1. The largest absolute Gasteiger partial charge is 0.392 e. The first-order valence-electron chi connectivity index (χ1n) is 10.1. The highest BCUT2D eigenvalue weighted by molar-refractivity contribution is 5.92. The standard InChI is InChI=1S/C22H26FN3O3/c1-15-5-6-19(24-11-15)22(28)25-9-7-17(8-10-25)29-18-12-26(13-18)20-4-2-3-16(14-27)21(20)23/h2-6,11,17-18,27H,7-10,12-14H2,1H3. The summed E-state index contributed by atoms with van der Waals surface area (Å²) in [5.41, 5.74) is 2.34. The van der Waals surface area contributed by atoms with Gasteiger partial charge in [-0.25, -0.2) is 4.39 Å². The smallest absolute Gasteiger partial charge is 0.272 e. The first-order valence-corrected chi connectivity index (χ1v) is 10.1. The van der Waals surface area contributed by atoms with Gasteiger partial charge in [0.1, 0.15) is 5.69 Å². The molecule has 2 aliphatic rings. The van der Waals surface area contributed by atoms with Gasteiger partial charge in [0, 0.05) is 37.9 Å². The molecule has 4 rings (SSSR count). The highest BCUT2D eigenvalue weighted by Crippen LogP contribution is 2.29. The lowest BCUT2D eigenvalue weighted by atomic mass is 10.0. The number of hydrogen-bond acceptors (Lipinski definition) is 5. The number of aromatic nitrogens is 1. The van der Waals surface area contributed by atoms with Crippen molar-refractivity contribution in [2.75, 3.05) is 31.1 Å². The molecule has 2 saturated heterocycles. The van der Waals surface area contributed by atoms with Crippen LogP contribution in [0.25, 0.3) is 0 Å². The number of piperidine rings is 1. The second-order valence-electron chi connectivity index (χ2n) is 7.78. The molecule has 7 heteroatoms. The van der Waals surface area contributed by atoms with Gasteiger partial charge in [-0.3, -0.25) is 9.78 Å². The predicted octanol–water partition coefficient (Wildman–Crippen LogP) is 2.53. The summed E-state index contributed by atoms with van der Waals surface area (Å²) >= 11 is 0. The molecule has 154 valence electrons. The Labute approximate surface area is 169 Å². The van der Waals surface area contributed by atoms with Gasteiger partial charge in [-0.05, 0) is 37.5 Å². The average Bonchev–Trinajstić information content (AvgIpc) is 2.71. The third kappa shape index (κ3) is 4.26. The number of benzene rings is 1. The summed E-state index contributed by atoms with van der Waals surface area (Å²) < 4.78 is 20.5. The molecule has 29 heavy (non-hydrogen) atoms. The highest BCUT2D eigenvalue weighted by atomic mass is 19.1. The van der Waals surface area contributed by atoms with E-state index >= 15 is 0 Å². The molecule has 2 aliphatic heterocycles. The van der Waals surface area contributed by atoms with Crippen LogP contribution < -0.4 is 4.90 Å². The molecule has 2 aromatic rings. The maximum Gasteiger partial charge on any atom is 0.272 e. The van der Waals surface area contributed by atoms with Crippen LogP contribution in [0.3, 0.4) is 0 Å². The fourth-order valence-corrected chi connectivity index (χ4v) is 3.88. The predicted molar refractivity (Wildman–Crippen MR) is 107 cm³/mol. The van der Waals surface area contributed by atoms with Crippen molar-refractivity contribution in [1.82, 2.24) is 9.88 Å². The van der Waals surface area contributed by atoms with Gasteiger partial charge < -0.3 is 19.6 Å². The molecule has 1 N–H and O–H groups in total. The van der Waals surface area contributed by atoms with Crippen molar-refractivity contribution in [3.63, 3.8) is 0 Å². The fraction of sp³-hybridized carbons (Fsp3) is 0.455. The van der Waals surface area contributed by atoms with E-state index in [2.05, 4.69) is 4.98 Å². The zero-order chi connectivity index (χ0) is 20.4. The summed E-state index contributed by atoms with van der Waals surface area (Å²) in [6.45, 7) is 4.23. The molecule has 3 heterocycles. The van der Waals surface area contributed by atoms with Crippen LogP contribution >= 0.6 is 0 Å². The van der Waals surface area contributed by atoms with Crippen LogP contribution in [0.5, 0.6) is 0 Å². The van der Waals surface area contributed by atoms with E-state index in [9.17, 15) is 14.3 Å². The average molecular weight is 399 g/mol. The number of amides is 1. The quantitative estimate of drug-likeness (QED) is 0.837. The first-order chi connectivity index (χ1) is 14.0. The molecule has 6 nitrogen and oxygen atoms in total. The molecule has 0 spiro atoms. The summed E-state index contributed by atoms with van der Waals surface area (Å²) in [6.07, 6.45) is 3.49. The van der Waals surface area contributed by atoms with Crippen LogP contribution in [0.15, 0.2) is 36.5 Å². The Morgan fingerprint density at radius 2 is 1.97 bits per heavy atom. The zero-order valence-electron chi connectivity index (χ0n) is 16.6. The van der Waals surface area contributed by atoms with E-state index in [1.807, 2.05) is 22.8 Å². The van der Waals surface area contributed by atoms with Gasteiger partial charge >= 0.3 is 0 Å². The highest BCUT2D eigenvalue weighted by Gasteiger charge is 2.33. The summed E-state index contributed by atoms with van der Waals surface area (Å²) in [4.78, 5) is 20.5. The van der Waals surface area contributed by atoms with E-state index in [1.165, 1.54) is 0 Å². The Bertz CT molecular complexity index is 860. The molecule has 0 bridgehead atoms. The molecule has 0 atom stereocenters. The van der Waals surface area contributed by atoms with Crippen molar-refractivity contribution in [1.29, 1.82) is 0 Å². The summed E-state index contributed by atoms with van der Waals surface area (Å²) in [5, 5.41) is 9.21. The molecular weight excluding hydrogens is 373 g/mol. The van der Waals surface area contributed by atoms with Crippen molar-refractivity contribution in [2.45, 2.75) is 38.6 Å². The van der Waals surface area contributed by atoms with Crippen LogP contribution in [-0.2, 0) is 11.3 Å². The van der Waals surface area contributed by atoms with E-state index in [4.69, 9.17) is 4.74 Å². The maximum absolute atomic E-state index is 14.3. The van der Waals surface area contributed by atoms with Gasteiger partial charge in [-0.2, -0.15) is 0 Å². The van der Waals surface area contributed by atoms with Gasteiger partial charge in [0.25, 0.3) is 5.91 Å². The van der Waals surface area contributed by atoms with E-state index in [0.717, 1.165) is 18.4 Å². The molecule has 0 radical (unpaired) electrons. The second-order valence-corrected chi connectivity index (χ2v) is 7.78. The van der Waals surface area contributed by atoms with Crippen LogP contribution in [-0.4, -0.2) is 59.3 Å². The van der Waals surface area contributed by atoms with Crippen molar-refractivity contribution < 1.29 is 19.0 Å². The van der Waals surface area contributed by atoms with Gasteiger partial charge in [0.15, 0.2) is 5.82 Å². The SMILES string of the molecule is Cc1ccc(C(=O)N2CCC(OC3CN(c4cccc(CO)c4F)C3)CC2)nc1. The van der Waals surface area contributed by atoms with E-state index in [1.54, 1.807) is 30.5 Å². The van der Waals surface area contributed by atoms with E-state index in [0.29, 0.717) is 43.1 Å². The Morgan fingerprint density at radius 1 is 1.21 bits per heavy atom.